The summed E-state index contributed by atoms with van der Waals surface area (Å²) >= 11 is 0. The first-order valence-electron chi connectivity index (χ1n) is 9.33. The summed E-state index contributed by atoms with van der Waals surface area (Å²) in [6, 6.07) is 10.2. The van der Waals surface area contributed by atoms with Crippen molar-refractivity contribution in [3.05, 3.63) is 88.5 Å². The molecule has 0 saturated carbocycles. The van der Waals surface area contributed by atoms with Crippen LogP contribution in [0.2, 0.25) is 0 Å². The van der Waals surface area contributed by atoms with Crippen LogP contribution in [0.15, 0.2) is 60.7 Å². The van der Waals surface area contributed by atoms with Crippen LogP contribution in [0.4, 0.5) is 32.0 Å². The van der Waals surface area contributed by atoms with Gasteiger partial charge in [-0.25, -0.2) is 4.79 Å². The Balaban J connectivity index is 0.00000324. The molecule has 0 bridgehead atoms. The number of aromatic carboxylic acids is 1. The number of halogens is 6. The van der Waals surface area contributed by atoms with E-state index in [4.69, 9.17) is 0 Å². The van der Waals surface area contributed by atoms with E-state index in [1.807, 2.05) is 0 Å². The fourth-order valence-corrected chi connectivity index (χ4v) is 3.08. The van der Waals surface area contributed by atoms with Crippen LogP contribution in [-0.4, -0.2) is 23.3 Å². The number of anilines is 1. The van der Waals surface area contributed by atoms with Crippen LogP contribution in [0, 0.1) is 0 Å². The van der Waals surface area contributed by atoms with Crippen LogP contribution in [0.3, 0.4) is 0 Å². The van der Waals surface area contributed by atoms with Crippen LogP contribution in [0.25, 0.3) is 11.1 Å². The molecule has 2 N–H and O–H groups in total. The second-order valence-corrected chi connectivity index (χ2v) is 7.06. The molecule has 0 saturated heterocycles. The van der Waals surface area contributed by atoms with Crippen LogP contribution in [0.5, 0.6) is 0 Å². The standard InChI is InChI=1S/C23H13F6NO4.Li.H/c24-22(25,26)16-7-15(8-17(10-16)23(27,28)29)20(32)30-19-5-4-14(9-18(19)21(33)34)13-3-1-2-12(6-13)11-31;;/h1-11H,(H,30,32)(H,33,34);;/q;+1;-1. The molecule has 1 amide bonds. The summed E-state index contributed by atoms with van der Waals surface area (Å²) in [7, 11) is 0. The molecule has 5 nitrogen and oxygen atoms in total. The maximum absolute atomic E-state index is 13.1. The van der Waals surface area contributed by atoms with Gasteiger partial charge in [0.25, 0.3) is 5.91 Å². The van der Waals surface area contributed by atoms with Crippen LogP contribution < -0.4 is 24.2 Å². The van der Waals surface area contributed by atoms with Gasteiger partial charge in [0.05, 0.1) is 22.4 Å². The predicted octanol–water partition coefficient (Wildman–Crippen LogP) is 3.27. The topological polar surface area (TPSA) is 83.5 Å². The minimum atomic E-state index is -5.15. The molecule has 35 heavy (non-hydrogen) atoms. The summed E-state index contributed by atoms with van der Waals surface area (Å²) in [6.45, 7) is 0. The largest absolute Gasteiger partial charge is 1.00 e. The number of hydrogen-bond acceptors (Lipinski definition) is 3. The van der Waals surface area contributed by atoms with Gasteiger partial charge in [-0.2, -0.15) is 26.3 Å². The molecule has 3 aromatic carbocycles. The van der Waals surface area contributed by atoms with Crippen molar-refractivity contribution in [1.82, 2.24) is 0 Å². The Morgan fingerprint density at radius 2 is 1.40 bits per heavy atom. The Kier molecular flexibility index (Phi) is 8.21. The molecule has 3 aromatic rings. The predicted molar refractivity (Wildman–Crippen MR) is 110 cm³/mol. The summed E-state index contributed by atoms with van der Waals surface area (Å²) in [5, 5.41) is 11.6. The normalized spacial score (nSPS) is 11.4. The quantitative estimate of drug-likeness (QED) is 0.328. The Morgan fingerprint density at radius 1 is 0.829 bits per heavy atom. The van der Waals surface area contributed by atoms with Crippen LogP contribution in [0.1, 0.15) is 43.6 Å². The van der Waals surface area contributed by atoms with Crippen LogP contribution >= 0.6 is 0 Å². The zero-order valence-electron chi connectivity index (χ0n) is 18.8. The minimum absolute atomic E-state index is 0. The number of carboxylic acids is 1. The molecule has 0 heterocycles. The third kappa shape index (κ3) is 6.53. The van der Waals surface area contributed by atoms with Crippen molar-refractivity contribution in [3.63, 3.8) is 0 Å². The number of nitrogens with one attached hydrogen (secondary N) is 1. The minimum Gasteiger partial charge on any atom is -1.00 e. The van der Waals surface area contributed by atoms with Crippen molar-refractivity contribution in [2.45, 2.75) is 12.4 Å². The van der Waals surface area contributed by atoms with Gasteiger partial charge in [0.1, 0.15) is 6.29 Å². The molecule has 0 aromatic heterocycles. The molecule has 0 aliphatic carbocycles. The molecule has 0 aliphatic heterocycles. The van der Waals surface area contributed by atoms with Crippen molar-refractivity contribution >= 4 is 23.9 Å². The maximum Gasteiger partial charge on any atom is 1.00 e. The van der Waals surface area contributed by atoms with E-state index in [-0.39, 0.29) is 44.2 Å². The van der Waals surface area contributed by atoms with E-state index in [2.05, 4.69) is 5.32 Å². The van der Waals surface area contributed by atoms with Gasteiger partial charge in [-0.1, -0.05) is 24.3 Å². The Labute approximate surface area is 207 Å². The molecule has 0 aliphatic rings. The fourth-order valence-electron chi connectivity index (χ4n) is 3.08. The zero-order valence-corrected chi connectivity index (χ0v) is 17.8. The van der Waals surface area contributed by atoms with Crippen LogP contribution in [-0.2, 0) is 12.4 Å². The van der Waals surface area contributed by atoms with Crippen molar-refractivity contribution in [2.24, 2.45) is 0 Å². The zero-order chi connectivity index (χ0) is 25.3. The molecule has 0 unspecified atom stereocenters. The van der Waals surface area contributed by atoms with E-state index in [9.17, 15) is 45.8 Å². The molecule has 12 heteroatoms. The molecular weight excluding hydrogens is 475 g/mol. The monoisotopic (exact) mass is 489 g/mol. The summed E-state index contributed by atoms with van der Waals surface area (Å²) in [5.74, 6) is -2.88. The van der Waals surface area contributed by atoms with E-state index in [1.54, 1.807) is 12.1 Å². The Hall–Kier alpha value is -3.55. The number of alkyl halides is 6. The van der Waals surface area contributed by atoms with E-state index in [0.717, 1.165) is 12.1 Å². The van der Waals surface area contributed by atoms with Gasteiger partial charge in [0.15, 0.2) is 0 Å². The second-order valence-electron chi connectivity index (χ2n) is 7.06. The first-order chi connectivity index (χ1) is 15.8. The Bertz CT molecular complexity index is 1260. The van der Waals surface area contributed by atoms with Gasteiger partial charge < -0.3 is 11.8 Å². The molecular formula is C23H14F6LiNO4. The molecule has 3 rings (SSSR count). The number of amides is 1. The smallest absolute Gasteiger partial charge is 1.00 e. The summed E-state index contributed by atoms with van der Waals surface area (Å²) in [5.41, 5.74) is -4.01. The van der Waals surface area contributed by atoms with Gasteiger partial charge in [-0.15, -0.1) is 0 Å². The third-order valence-corrected chi connectivity index (χ3v) is 4.70. The number of carbonyl (C=O) groups excluding carboxylic acids is 2. The summed E-state index contributed by atoms with van der Waals surface area (Å²) in [6.07, 6.45) is -9.72. The van der Waals surface area contributed by atoms with Gasteiger partial charge in [0, 0.05) is 11.1 Å². The molecule has 0 atom stereocenters. The average molecular weight is 489 g/mol. The fraction of sp³-hybridized carbons (Fsp3) is 0.0870. The van der Waals surface area contributed by atoms with E-state index < -0.39 is 46.5 Å². The molecule has 178 valence electrons. The van der Waals surface area contributed by atoms with Gasteiger partial charge >= 0.3 is 37.2 Å². The van der Waals surface area contributed by atoms with Crippen molar-refractivity contribution in [3.8, 4) is 11.1 Å². The first kappa shape index (κ1) is 27.7. The maximum atomic E-state index is 13.1. The summed E-state index contributed by atoms with van der Waals surface area (Å²) < 4.78 is 78.3. The van der Waals surface area contributed by atoms with Gasteiger partial charge in [-0.3, -0.25) is 9.59 Å². The number of carbonyl (C=O) groups is 3. The Morgan fingerprint density at radius 3 is 1.91 bits per heavy atom. The first-order valence-corrected chi connectivity index (χ1v) is 9.33. The van der Waals surface area contributed by atoms with Crippen molar-refractivity contribution in [1.29, 1.82) is 0 Å². The second kappa shape index (κ2) is 10.4. The number of rotatable bonds is 5. The van der Waals surface area contributed by atoms with Gasteiger partial charge in [0.2, 0.25) is 0 Å². The van der Waals surface area contributed by atoms with Gasteiger partial charge in [-0.05, 0) is 47.5 Å². The van der Waals surface area contributed by atoms with E-state index in [1.165, 1.54) is 18.2 Å². The average Bonchev–Trinajstić information content (AvgIpc) is 2.77. The number of benzene rings is 3. The molecule has 0 radical (unpaired) electrons. The molecule has 0 spiro atoms. The van der Waals surface area contributed by atoms with E-state index in [0.29, 0.717) is 23.0 Å². The van der Waals surface area contributed by atoms with Crippen molar-refractivity contribution < 1.29 is 66.1 Å². The number of hydrogen-bond donors (Lipinski definition) is 2. The number of aldehydes is 1. The van der Waals surface area contributed by atoms with E-state index >= 15 is 0 Å². The summed E-state index contributed by atoms with van der Waals surface area (Å²) in [4.78, 5) is 35.2. The number of carboxylic acid groups (broad SMARTS) is 1. The third-order valence-electron chi connectivity index (χ3n) is 4.70. The molecule has 0 fully saturated rings. The van der Waals surface area contributed by atoms with Crippen molar-refractivity contribution in [2.75, 3.05) is 5.32 Å². The SMILES string of the molecule is O=Cc1cccc(-c2ccc(NC(=O)c3cc(C(F)(F)F)cc(C(F)(F)F)c3)c(C(=O)O)c2)c1.[H-].[Li+].